The summed E-state index contributed by atoms with van der Waals surface area (Å²) in [6.45, 7) is 0.467. The van der Waals surface area contributed by atoms with Crippen LogP contribution in [0.5, 0.6) is 11.5 Å². The van der Waals surface area contributed by atoms with Crippen molar-refractivity contribution in [3.63, 3.8) is 0 Å². The minimum Gasteiger partial charge on any atom is -0.508 e. The molecule has 0 heterocycles. The molecule has 0 fully saturated rings. The Hall–Kier alpha value is -1.23. The fraction of sp³-hybridized carbons (Fsp3) is 0.0769. The molecule has 0 aliphatic carbocycles. The Morgan fingerprint density at radius 2 is 1.88 bits per heavy atom. The Bertz CT molecular complexity index is 483. The normalized spacial score (nSPS) is 10.1. The van der Waals surface area contributed by atoms with E-state index in [0.717, 1.165) is 14.9 Å². The minimum absolute atomic E-state index is 0.267. The van der Waals surface area contributed by atoms with E-state index in [4.69, 9.17) is 4.74 Å². The summed E-state index contributed by atoms with van der Waals surface area (Å²) in [5.74, 6) is 1.13. The average molecular weight is 326 g/mol. The van der Waals surface area contributed by atoms with Crippen molar-refractivity contribution in [2.45, 2.75) is 6.61 Å². The molecule has 0 unspecified atom stereocenters. The highest BCUT2D eigenvalue weighted by Crippen LogP contribution is 2.21. The number of ether oxygens (including phenoxy) is 1. The van der Waals surface area contributed by atoms with E-state index in [0.29, 0.717) is 6.61 Å². The van der Waals surface area contributed by atoms with Gasteiger partial charge in [0, 0.05) is 0 Å². The number of hydrogen-bond acceptors (Lipinski definition) is 2. The second kappa shape index (κ2) is 5.21. The lowest BCUT2D eigenvalue weighted by Gasteiger charge is -2.08. The number of phenolic OH excluding ortho intramolecular Hbond substituents is 1. The zero-order valence-corrected chi connectivity index (χ0v) is 10.7. The summed E-state index contributed by atoms with van der Waals surface area (Å²) in [5.41, 5.74) is 0.958. The molecule has 2 nitrogen and oxygen atoms in total. The van der Waals surface area contributed by atoms with Crippen LogP contribution >= 0.6 is 22.6 Å². The van der Waals surface area contributed by atoms with Crippen molar-refractivity contribution in [1.29, 1.82) is 0 Å². The molecule has 82 valence electrons. The zero-order valence-electron chi connectivity index (χ0n) is 8.56. The van der Waals surface area contributed by atoms with Gasteiger partial charge in [0.15, 0.2) is 0 Å². The summed E-state index contributed by atoms with van der Waals surface area (Å²) in [6.07, 6.45) is 0. The van der Waals surface area contributed by atoms with Crippen LogP contribution in [-0.4, -0.2) is 5.11 Å². The molecule has 2 aromatic carbocycles. The largest absolute Gasteiger partial charge is 0.508 e. The maximum atomic E-state index is 9.31. The third-order valence-electron chi connectivity index (χ3n) is 2.14. The van der Waals surface area contributed by atoms with Crippen molar-refractivity contribution in [2.24, 2.45) is 0 Å². The molecule has 0 spiro atoms. The van der Waals surface area contributed by atoms with Gasteiger partial charge >= 0.3 is 0 Å². The molecule has 3 heteroatoms. The number of rotatable bonds is 3. The summed E-state index contributed by atoms with van der Waals surface area (Å²) in [7, 11) is 0. The molecule has 0 bridgehead atoms. The van der Waals surface area contributed by atoms with Gasteiger partial charge in [-0.2, -0.15) is 0 Å². The van der Waals surface area contributed by atoms with Crippen molar-refractivity contribution >= 4 is 22.6 Å². The number of phenols is 1. The lowest BCUT2D eigenvalue weighted by molar-refractivity contribution is 0.303. The van der Waals surface area contributed by atoms with Crippen LogP contribution in [-0.2, 0) is 6.61 Å². The molecule has 0 aliphatic heterocycles. The first-order chi connectivity index (χ1) is 7.75. The summed E-state index contributed by atoms with van der Waals surface area (Å²) in [4.78, 5) is 0. The highest BCUT2D eigenvalue weighted by atomic mass is 127. The van der Waals surface area contributed by atoms with E-state index in [2.05, 4.69) is 22.6 Å². The first kappa shape index (κ1) is 11.3. The molecule has 2 rings (SSSR count). The third kappa shape index (κ3) is 2.88. The lowest BCUT2D eigenvalue weighted by Crippen LogP contribution is -1.96. The van der Waals surface area contributed by atoms with Crippen LogP contribution in [0.2, 0.25) is 0 Å². The smallest absolute Gasteiger partial charge is 0.133 e. The summed E-state index contributed by atoms with van der Waals surface area (Å²) in [6, 6.07) is 14.9. The number of hydrogen-bond donors (Lipinski definition) is 1. The van der Waals surface area contributed by atoms with Gasteiger partial charge in [-0.1, -0.05) is 24.3 Å². The SMILES string of the molecule is Oc1cccc(COc2ccccc2I)c1. The molecule has 2 aromatic rings. The maximum absolute atomic E-state index is 9.31. The van der Waals surface area contributed by atoms with Crippen molar-refractivity contribution in [2.75, 3.05) is 0 Å². The van der Waals surface area contributed by atoms with E-state index < -0.39 is 0 Å². The fourth-order valence-electron chi connectivity index (χ4n) is 1.37. The summed E-state index contributed by atoms with van der Waals surface area (Å²) >= 11 is 2.24. The first-order valence-electron chi connectivity index (χ1n) is 4.91. The Kier molecular flexibility index (Phi) is 3.66. The average Bonchev–Trinajstić information content (AvgIpc) is 2.28. The van der Waals surface area contributed by atoms with Crippen LogP contribution < -0.4 is 4.74 Å². The van der Waals surface area contributed by atoms with Crippen molar-refractivity contribution in [3.05, 3.63) is 57.7 Å². The predicted octanol–water partition coefficient (Wildman–Crippen LogP) is 3.58. The zero-order chi connectivity index (χ0) is 11.4. The molecule has 16 heavy (non-hydrogen) atoms. The van der Waals surface area contributed by atoms with Crippen molar-refractivity contribution in [3.8, 4) is 11.5 Å². The van der Waals surface area contributed by atoms with Gasteiger partial charge in [-0.05, 0) is 52.4 Å². The molecule has 0 saturated heterocycles. The molecule has 1 N–H and O–H groups in total. The van der Waals surface area contributed by atoms with Crippen LogP contribution in [0.3, 0.4) is 0 Å². The van der Waals surface area contributed by atoms with Crippen LogP contribution in [0, 0.1) is 3.57 Å². The van der Waals surface area contributed by atoms with Gasteiger partial charge in [0.25, 0.3) is 0 Å². The fourth-order valence-corrected chi connectivity index (χ4v) is 1.91. The van der Waals surface area contributed by atoms with Gasteiger partial charge in [-0.15, -0.1) is 0 Å². The van der Waals surface area contributed by atoms with Gasteiger partial charge in [0.1, 0.15) is 18.1 Å². The highest BCUT2D eigenvalue weighted by molar-refractivity contribution is 14.1. The lowest BCUT2D eigenvalue weighted by atomic mass is 10.2. The van der Waals surface area contributed by atoms with Crippen LogP contribution in [0.25, 0.3) is 0 Å². The van der Waals surface area contributed by atoms with Gasteiger partial charge in [-0.3, -0.25) is 0 Å². The van der Waals surface area contributed by atoms with E-state index in [1.54, 1.807) is 12.1 Å². The third-order valence-corrected chi connectivity index (χ3v) is 3.03. The quantitative estimate of drug-likeness (QED) is 0.874. The standard InChI is InChI=1S/C13H11IO2/c14-12-6-1-2-7-13(12)16-9-10-4-3-5-11(15)8-10/h1-8,15H,9H2. The highest BCUT2D eigenvalue weighted by Gasteiger charge is 2.00. The molecule has 0 aromatic heterocycles. The van der Waals surface area contributed by atoms with Crippen LogP contribution in [0.4, 0.5) is 0 Å². The monoisotopic (exact) mass is 326 g/mol. The predicted molar refractivity (Wildman–Crippen MR) is 71.6 cm³/mol. The van der Waals surface area contributed by atoms with E-state index in [1.165, 1.54) is 0 Å². The Morgan fingerprint density at radius 3 is 2.62 bits per heavy atom. The van der Waals surface area contributed by atoms with Gasteiger partial charge in [0.2, 0.25) is 0 Å². The second-order valence-electron chi connectivity index (χ2n) is 3.39. The molecule has 0 radical (unpaired) electrons. The molecule has 0 saturated carbocycles. The topological polar surface area (TPSA) is 29.5 Å². The van der Waals surface area contributed by atoms with Crippen molar-refractivity contribution in [1.82, 2.24) is 0 Å². The van der Waals surface area contributed by atoms with Crippen molar-refractivity contribution < 1.29 is 9.84 Å². The van der Waals surface area contributed by atoms with E-state index in [9.17, 15) is 5.11 Å². The minimum atomic E-state index is 0.267. The van der Waals surface area contributed by atoms with Crippen LogP contribution in [0.15, 0.2) is 48.5 Å². The Morgan fingerprint density at radius 1 is 1.06 bits per heavy atom. The van der Waals surface area contributed by atoms with E-state index >= 15 is 0 Å². The summed E-state index contributed by atoms with van der Waals surface area (Å²) < 4.78 is 6.74. The molecule has 0 aliphatic rings. The first-order valence-corrected chi connectivity index (χ1v) is 5.99. The number of para-hydroxylation sites is 1. The Balaban J connectivity index is 2.05. The number of benzene rings is 2. The number of aromatic hydroxyl groups is 1. The number of halogens is 1. The van der Waals surface area contributed by atoms with E-state index in [-0.39, 0.29) is 5.75 Å². The molecule has 0 atom stereocenters. The van der Waals surface area contributed by atoms with E-state index in [1.807, 2.05) is 36.4 Å². The van der Waals surface area contributed by atoms with Gasteiger partial charge in [-0.25, -0.2) is 0 Å². The van der Waals surface area contributed by atoms with Gasteiger partial charge in [0.05, 0.1) is 3.57 Å². The maximum Gasteiger partial charge on any atom is 0.133 e. The Labute approximate surface area is 108 Å². The second-order valence-corrected chi connectivity index (χ2v) is 4.55. The molecular formula is C13H11IO2. The van der Waals surface area contributed by atoms with Crippen LogP contribution in [0.1, 0.15) is 5.56 Å². The molecular weight excluding hydrogens is 315 g/mol. The molecule has 0 amide bonds. The van der Waals surface area contributed by atoms with Gasteiger partial charge < -0.3 is 9.84 Å². The summed E-state index contributed by atoms with van der Waals surface area (Å²) in [5, 5.41) is 9.31.